The lowest BCUT2D eigenvalue weighted by Crippen LogP contribution is -2.30. The zero-order valence-electron chi connectivity index (χ0n) is 8.82. The molecule has 1 aromatic heterocycles. The number of nitrogens with zero attached hydrogens (tertiary/aromatic N) is 1. The minimum atomic E-state index is -0.145. The Hall–Kier alpha value is -1.36. The number of thiocarbonyl (C=S) groups is 1. The van der Waals surface area contributed by atoms with E-state index in [0.29, 0.717) is 23.7 Å². The lowest BCUT2D eigenvalue weighted by atomic mass is 10.2. The highest BCUT2D eigenvalue weighted by molar-refractivity contribution is 7.80. The molecule has 82 valence electrons. The molecule has 5 heteroatoms. The topological polar surface area (TPSA) is 59.5 Å². The van der Waals surface area contributed by atoms with E-state index in [1.165, 1.54) is 6.26 Å². The second-order valence-electron chi connectivity index (χ2n) is 3.38. The van der Waals surface area contributed by atoms with Crippen LogP contribution in [0.1, 0.15) is 22.5 Å². The Morgan fingerprint density at radius 3 is 2.80 bits per heavy atom. The molecule has 0 saturated carbocycles. The summed E-state index contributed by atoms with van der Waals surface area (Å²) in [5.74, 6) is 0.231. The van der Waals surface area contributed by atoms with Crippen molar-refractivity contribution < 1.29 is 9.21 Å². The van der Waals surface area contributed by atoms with Crippen LogP contribution in [-0.4, -0.2) is 29.4 Å². The summed E-state index contributed by atoms with van der Waals surface area (Å²) < 4.78 is 5.10. The van der Waals surface area contributed by atoms with Crippen LogP contribution in [0.3, 0.4) is 0 Å². The van der Waals surface area contributed by atoms with Crippen LogP contribution in [0, 0.1) is 6.92 Å². The summed E-state index contributed by atoms with van der Waals surface area (Å²) in [5.41, 5.74) is 6.19. The molecular weight excluding hydrogens is 212 g/mol. The van der Waals surface area contributed by atoms with Crippen molar-refractivity contribution in [2.45, 2.75) is 13.3 Å². The molecule has 0 atom stereocenters. The molecule has 0 spiro atoms. The van der Waals surface area contributed by atoms with Crippen LogP contribution in [0.2, 0.25) is 0 Å². The Balaban J connectivity index is 2.61. The van der Waals surface area contributed by atoms with Crippen molar-refractivity contribution in [3.63, 3.8) is 0 Å². The molecule has 0 aliphatic heterocycles. The fraction of sp³-hybridized carbons (Fsp3) is 0.400. The van der Waals surface area contributed by atoms with Gasteiger partial charge in [-0.2, -0.15) is 0 Å². The van der Waals surface area contributed by atoms with Crippen LogP contribution in [0.4, 0.5) is 0 Å². The van der Waals surface area contributed by atoms with Crippen molar-refractivity contribution in [1.82, 2.24) is 4.90 Å². The van der Waals surface area contributed by atoms with E-state index in [9.17, 15) is 4.79 Å². The van der Waals surface area contributed by atoms with Crippen LogP contribution >= 0.6 is 12.2 Å². The van der Waals surface area contributed by atoms with Gasteiger partial charge < -0.3 is 15.1 Å². The Bertz CT molecular complexity index is 373. The number of nitrogens with two attached hydrogens (primary N) is 1. The highest BCUT2D eigenvalue weighted by Crippen LogP contribution is 2.11. The third-order valence-corrected chi connectivity index (χ3v) is 2.30. The van der Waals surface area contributed by atoms with E-state index in [1.807, 2.05) is 6.92 Å². The number of amides is 1. The van der Waals surface area contributed by atoms with Crippen LogP contribution in [0.15, 0.2) is 16.7 Å². The van der Waals surface area contributed by atoms with Gasteiger partial charge in [0.15, 0.2) is 5.76 Å². The molecule has 1 amide bonds. The molecule has 1 rings (SSSR count). The lowest BCUT2D eigenvalue weighted by molar-refractivity contribution is 0.0766. The number of carbonyl (C=O) groups is 1. The van der Waals surface area contributed by atoms with E-state index >= 15 is 0 Å². The quantitative estimate of drug-likeness (QED) is 0.787. The van der Waals surface area contributed by atoms with Gasteiger partial charge in [-0.25, -0.2) is 0 Å². The van der Waals surface area contributed by atoms with Gasteiger partial charge >= 0.3 is 0 Å². The van der Waals surface area contributed by atoms with Crippen molar-refractivity contribution >= 4 is 23.1 Å². The zero-order chi connectivity index (χ0) is 11.4. The summed E-state index contributed by atoms with van der Waals surface area (Å²) in [5, 5.41) is 0. The van der Waals surface area contributed by atoms with Gasteiger partial charge in [-0.3, -0.25) is 4.79 Å². The van der Waals surface area contributed by atoms with Crippen molar-refractivity contribution in [3.05, 3.63) is 23.7 Å². The van der Waals surface area contributed by atoms with Gasteiger partial charge in [-0.05, 0) is 13.0 Å². The maximum absolute atomic E-state index is 11.8. The Morgan fingerprint density at radius 1 is 1.67 bits per heavy atom. The largest absolute Gasteiger partial charge is 0.459 e. The first-order chi connectivity index (χ1) is 7.02. The number of hydrogen-bond acceptors (Lipinski definition) is 3. The average Bonchev–Trinajstić information content (AvgIpc) is 2.59. The smallest absolute Gasteiger partial charge is 0.289 e. The first kappa shape index (κ1) is 11.7. The first-order valence-electron chi connectivity index (χ1n) is 4.60. The summed E-state index contributed by atoms with van der Waals surface area (Å²) >= 11 is 4.74. The molecule has 0 unspecified atom stereocenters. The van der Waals surface area contributed by atoms with Crippen molar-refractivity contribution in [3.8, 4) is 0 Å². The van der Waals surface area contributed by atoms with Crippen molar-refractivity contribution in [1.29, 1.82) is 0 Å². The summed E-state index contributed by atoms with van der Waals surface area (Å²) in [4.78, 5) is 13.7. The Morgan fingerprint density at radius 2 is 2.33 bits per heavy atom. The monoisotopic (exact) mass is 226 g/mol. The predicted molar refractivity (Wildman–Crippen MR) is 61.8 cm³/mol. The first-order valence-corrected chi connectivity index (χ1v) is 5.01. The second kappa shape index (κ2) is 4.93. The SMILES string of the molecule is Cc1ccoc1C(=O)N(C)CCC(N)=S. The summed E-state index contributed by atoms with van der Waals surface area (Å²) in [6, 6.07) is 1.76. The van der Waals surface area contributed by atoms with E-state index in [4.69, 9.17) is 22.4 Å². The molecule has 1 aromatic rings. The highest BCUT2D eigenvalue weighted by Gasteiger charge is 2.16. The van der Waals surface area contributed by atoms with Gasteiger partial charge in [0.05, 0.1) is 11.3 Å². The van der Waals surface area contributed by atoms with Crippen molar-refractivity contribution in [2.24, 2.45) is 5.73 Å². The van der Waals surface area contributed by atoms with Crippen molar-refractivity contribution in [2.75, 3.05) is 13.6 Å². The zero-order valence-corrected chi connectivity index (χ0v) is 9.63. The van der Waals surface area contributed by atoms with E-state index < -0.39 is 0 Å². The van der Waals surface area contributed by atoms with E-state index in [0.717, 1.165) is 5.56 Å². The van der Waals surface area contributed by atoms with E-state index in [2.05, 4.69) is 0 Å². The van der Waals surface area contributed by atoms with Gasteiger partial charge in [0.25, 0.3) is 5.91 Å². The molecule has 15 heavy (non-hydrogen) atoms. The molecule has 1 heterocycles. The predicted octanol–water partition coefficient (Wildman–Crippen LogP) is 1.34. The fourth-order valence-corrected chi connectivity index (χ4v) is 1.24. The maximum atomic E-state index is 11.8. The number of hydrogen-bond donors (Lipinski definition) is 1. The normalized spacial score (nSPS) is 10.0. The number of rotatable bonds is 4. The van der Waals surface area contributed by atoms with Gasteiger partial charge in [0.1, 0.15) is 0 Å². The minimum Gasteiger partial charge on any atom is -0.459 e. The van der Waals surface area contributed by atoms with E-state index in [1.54, 1.807) is 18.0 Å². The third kappa shape index (κ3) is 3.06. The molecule has 0 aliphatic carbocycles. The lowest BCUT2D eigenvalue weighted by Gasteiger charge is -2.15. The van der Waals surface area contributed by atoms with Crippen LogP contribution in [0.25, 0.3) is 0 Å². The molecule has 2 N–H and O–H groups in total. The van der Waals surface area contributed by atoms with Crippen LogP contribution in [0.5, 0.6) is 0 Å². The standard InChI is InChI=1S/C10H14N2O2S/c1-7-4-6-14-9(7)10(13)12(2)5-3-8(11)15/h4,6H,3,5H2,1-2H3,(H2,11,15). The highest BCUT2D eigenvalue weighted by atomic mass is 32.1. The number of aryl methyl sites for hydroxylation is 1. The molecular formula is C10H14N2O2S. The molecule has 0 aliphatic rings. The molecule has 0 aromatic carbocycles. The van der Waals surface area contributed by atoms with Gasteiger partial charge in [0.2, 0.25) is 0 Å². The second-order valence-corrected chi connectivity index (χ2v) is 3.90. The molecule has 4 nitrogen and oxygen atoms in total. The van der Waals surface area contributed by atoms with Gasteiger partial charge in [0, 0.05) is 25.6 Å². The average molecular weight is 226 g/mol. The maximum Gasteiger partial charge on any atom is 0.289 e. The van der Waals surface area contributed by atoms with Gasteiger partial charge in [-0.1, -0.05) is 12.2 Å². The molecule has 0 radical (unpaired) electrons. The molecule has 0 bridgehead atoms. The third-order valence-electron chi connectivity index (χ3n) is 2.10. The Kier molecular flexibility index (Phi) is 3.85. The van der Waals surface area contributed by atoms with Crippen LogP contribution < -0.4 is 5.73 Å². The number of furan rings is 1. The summed E-state index contributed by atoms with van der Waals surface area (Å²) in [6.45, 7) is 2.34. The molecule has 0 fully saturated rings. The Labute approximate surface area is 94.0 Å². The summed E-state index contributed by atoms with van der Waals surface area (Å²) in [7, 11) is 1.70. The summed E-state index contributed by atoms with van der Waals surface area (Å²) in [6.07, 6.45) is 2.03. The fourth-order valence-electron chi connectivity index (χ4n) is 1.14. The van der Waals surface area contributed by atoms with Crippen LogP contribution in [-0.2, 0) is 0 Å². The van der Waals surface area contributed by atoms with Gasteiger partial charge in [-0.15, -0.1) is 0 Å². The molecule has 0 saturated heterocycles. The minimum absolute atomic E-state index is 0.145. The van der Waals surface area contributed by atoms with E-state index in [-0.39, 0.29) is 5.91 Å². The number of carbonyl (C=O) groups excluding carboxylic acids is 1.